The van der Waals surface area contributed by atoms with E-state index in [-0.39, 0.29) is 17.9 Å². The maximum Gasteiger partial charge on any atom is 0.412 e. The van der Waals surface area contributed by atoms with E-state index in [2.05, 4.69) is 10.3 Å². The molecule has 0 saturated carbocycles. The number of ether oxygens (including phenoxy) is 1. The summed E-state index contributed by atoms with van der Waals surface area (Å²) >= 11 is 1.52. The Kier molecular flexibility index (Phi) is 6.29. The maximum absolute atomic E-state index is 13.1. The van der Waals surface area contributed by atoms with Gasteiger partial charge >= 0.3 is 6.09 Å². The van der Waals surface area contributed by atoms with Crippen LogP contribution in [0.1, 0.15) is 16.5 Å². The fourth-order valence-corrected chi connectivity index (χ4v) is 4.65. The molecule has 1 aliphatic heterocycles. The second-order valence-electron chi connectivity index (χ2n) is 6.79. The van der Waals surface area contributed by atoms with E-state index in [1.165, 1.54) is 16.7 Å². The largest absolute Gasteiger partial charge is 0.444 e. The molecule has 1 aromatic heterocycles. The van der Waals surface area contributed by atoms with Crippen molar-refractivity contribution in [2.75, 3.05) is 11.1 Å². The number of rotatable bonds is 5. The number of thioether (sulfide) groups is 1. The molecule has 1 N–H and O–H groups in total. The van der Waals surface area contributed by atoms with Crippen LogP contribution in [0.3, 0.4) is 0 Å². The summed E-state index contributed by atoms with van der Waals surface area (Å²) in [6.45, 7) is 0.146. The highest BCUT2D eigenvalue weighted by molar-refractivity contribution is 7.99. The van der Waals surface area contributed by atoms with Gasteiger partial charge in [-0.05, 0) is 23.8 Å². The molecule has 1 fully saturated rings. The Morgan fingerprint density at radius 1 is 1.03 bits per heavy atom. The highest BCUT2D eigenvalue weighted by Gasteiger charge is 2.43. The highest BCUT2D eigenvalue weighted by atomic mass is 32.2. The molecule has 7 heteroatoms. The lowest BCUT2D eigenvalue weighted by molar-refractivity contribution is -0.120. The molecule has 0 aliphatic carbocycles. The van der Waals surface area contributed by atoms with Crippen molar-refractivity contribution in [3.63, 3.8) is 0 Å². The molecular weight excluding hydrogens is 398 g/mol. The van der Waals surface area contributed by atoms with Crippen LogP contribution in [-0.4, -0.2) is 33.7 Å². The Hall–Kier alpha value is -3.32. The van der Waals surface area contributed by atoms with Gasteiger partial charge in [-0.25, -0.2) is 4.79 Å². The fraction of sp³-hybridized carbons (Fsp3) is 0.174. The van der Waals surface area contributed by atoms with Gasteiger partial charge in [0.1, 0.15) is 18.0 Å². The summed E-state index contributed by atoms with van der Waals surface area (Å²) in [6, 6.07) is 21.8. The maximum atomic E-state index is 13.1. The molecule has 2 amide bonds. The predicted molar refractivity (Wildman–Crippen MR) is 117 cm³/mol. The number of carbonyl (C=O) groups excluding carboxylic acids is 2. The van der Waals surface area contributed by atoms with Crippen molar-refractivity contribution in [3.8, 4) is 0 Å². The molecule has 3 aromatic rings. The zero-order chi connectivity index (χ0) is 20.8. The van der Waals surface area contributed by atoms with E-state index in [1.54, 1.807) is 12.4 Å². The van der Waals surface area contributed by atoms with Gasteiger partial charge in [-0.3, -0.25) is 14.7 Å². The van der Waals surface area contributed by atoms with Gasteiger partial charge in [0.25, 0.3) is 0 Å². The first kappa shape index (κ1) is 20.0. The van der Waals surface area contributed by atoms with Gasteiger partial charge in [-0.1, -0.05) is 54.6 Å². The standard InChI is InChI=1S/C23H21N3O3S/c27-21(25-19-11-5-2-6-12-19)20-16-30-22(18-10-7-13-24-14-18)26(20)23(28)29-15-17-8-3-1-4-9-17/h1-14,20,22H,15-16H2,(H,25,27)/t20-,22?/m0/s1. The first-order chi connectivity index (χ1) is 14.7. The summed E-state index contributed by atoms with van der Waals surface area (Å²) in [7, 11) is 0. The van der Waals surface area contributed by atoms with Crippen LogP contribution in [0.4, 0.5) is 10.5 Å². The van der Waals surface area contributed by atoms with Crippen molar-refractivity contribution >= 4 is 29.4 Å². The number of pyridine rings is 1. The van der Waals surface area contributed by atoms with Crippen LogP contribution in [-0.2, 0) is 16.1 Å². The highest BCUT2D eigenvalue weighted by Crippen LogP contribution is 2.41. The number of aromatic nitrogens is 1. The van der Waals surface area contributed by atoms with E-state index in [1.807, 2.05) is 72.8 Å². The summed E-state index contributed by atoms with van der Waals surface area (Å²) < 4.78 is 5.57. The Balaban J connectivity index is 1.54. The van der Waals surface area contributed by atoms with Gasteiger partial charge in [-0.2, -0.15) is 0 Å². The second-order valence-corrected chi connectivity index (χ2v) is 7.90. The average Bonchev–Trinajstić information content (AvgIpc) is 3.25. The van der Waals surface area contributed by atoms with Crippen molar-refractivity contribution in [1.29, 1.82) is 0 Å². The van der Waals surface area contributed by atoms with Gasteiger partial charge in [0.05, 0.1) is 0 Å². The number of benzene rings is 2. The molecule has 2 aromatic carbocycles. The minimum Gasteiger partial charge on any atom is -0.444 e. The number of amides is 2. The van der Waals surface area contributed by atoms with Gasteiger partial charge in [-0.15, -0.1) is 11.8 Å². The minimum atomic E-state index is -0.649. The molecule has 0 spiro atoms. The quantitative estimate of drug-likeness (QED) is 0.661. The third-order valence-corrected chi connectivity index (χ3v) is 6.05. The smallest absolute Gasteiger partial charge is 0.412 e. The molecule has 1 saturated heterocycles. The van der Waals surface area contributed by atoms with Crippen LogP contribution in [0.2, 0.25) is 0 Å². The Morgan fingerprint density at radius 2 is 1.77 bits per heavy atom. The normalized spacial score (nSPS) is 18.1. The number of hydrogen-bond donors (Lipinski definition) is 1. The number of anilines is 1. The summed E-state index contributed by atoms with van der Waals surface area (Å²) in [5.41, 5.74) is 2.44. The zero-order valence-corrected chi connectivity index (χ0v) is 17.0. The topological polar surface area (TPSA) is 71.5 Å². The zero-order valence-electron chi connectivity index (χ0n) is 16.2. The number of nitrogens with zero attached hydrogens (tertiary/aromatic N) is 2. The molecule has 4 rings (SSSR count). The van der Waals surface area contributed by atoms with E-state index in [0.29, 0.717) is 11.4 Å². The molecule has 6 nitrogen and oxygen atoms in total. The molecule has 2 atom stereocenters. The lowest BCUT2D eigenvalue weighted by Crippen LogP contribution is -2.45. The Morgan fingerprint density at radius 3 is 2.47 bits per heavy atom. The molecular formula is C23H21N3O3S. The molecule has 152 valence electrons. The minimum absolute atomic E-state index is 0.146. The summed E-state index contributed by atoms with van der Waals surface area (Å²) in [4.78, 5) is 31.7. The van der Waals surface area contributed by atoms with Gasteiger partial charge in [0.2, 0.25) is 5.91 Å². The number of hydrogen-bond acceptors (Lipinski definition) is 5. The summed E-state index contributed by atoms with van der Waals surface area (Å²) in [6.07, 6.45) is 2.87. The van der Waals surface area contributed by atoms with Crippen molar-refractivity contribution in [3.05, 3.63) is 96.3 Å². The average molecular weight is 420 g/mol. The Bertz CT molecular complexity index is 986. The first-order valence-electron chi connectivity index (χ1n) is 9.59. The molecule has 2 heterocycles. The van der Waals surface area contributed by atoms with E-state index < -0.39 is 12.1 Å². The number of nitrogens with one attached hydrogen (secondary N) is 1. The van der Waals surface area contributed by atoms with Gasteiger partial charge < -0.3 is 10.1 Å². The summed E-state index contributed by atoms with van der Waals surface area (Å²) in [5.74, 6) is 0.232. The first-order valence-corrected chi connectivity index (χ1v) is 10.6. The van der Waals surface area contributed by atoms with Crippen molar-refractivity contribution in [1.82, 2.24) is 9.88 Å². The molecule has 0 radical (unpaired) electrons. The summed E-state index contributed by atoms with van der Waals surface area (Å²) in [5, 5.41) is 2.56. The van der Waals surface area contributed by atoms with Crippen LogP contribution < -0.4 is 5.32 Å². The van der Waals surface area contributed by atoms with Crippen molar-refractivity contribution < 1.29 is 14.3 Å². The van der Waals surface area contributed by atoms with Gasteiger partial charge in [0, 0.05) is 29.4 Å². The number of carbonyl (C=O) groups is 2. The van der Waals surface area contributed by atoms with E-state index in [4.69, 9.17) is 4.74 Å². The lowest BCUT2D eigenvalue weighted by Gasteiger charge is -2.28. The number of para-hydroxylation sites is 1. The van der Waals surface area contributed by atoms with Crippen LogP contribution in [0.25, 0.3) is 0 Å². The second kappa shape index (κ2) is 9.45. The predicted octanol–water partition coefficient (Wildman–Crippen LogP) is 4.47. The van der Waals surface area contributed by atoms with Crippen LogP contribution in [0, 0.1) is 0 Å². The fourth-order valence-electron chi connectivity index (χ4n) is 3.25. The Labute approximate surface area is 179 Å². The third-order valence-electron chi connectivity index (χ3n) is 4.73. The van der Waals surface area contributed by atoms with Crippen molar-refractivity contribution in [2.45, 2.75) is 18.0 Å². The van der Waals surface area contributed by atoms with E-state index in [0.717, 1.165) is 11.1 Å². The molecule has 1 unspecified atom stereocenters. The lowest BCUT2D eigenvalue weighted by atomic mass is 10.2. The van der Waals surface area contributed by atoms with Gasteiger partial charge in [0.15, 0.2) is 0 Å². The third kappa shape index (κ3) is 4.63. The molecule has 0 bridgehead atoms. The van der Waals surface area contributed by atoms with Crippen LogP contribution in [0.5, 0.6) is 0 Å². The van der Waals surface area contributed by atoms with Crippen LogP contribution in [0.15, 0.2) is 85.2 Å². The monoisotopic (exact) mass is 419 g/mol. The van der Waals surface area contributed by atoms with E-state index in [9.17, 15) is 9.59 Å². The van der Waals surface area contributed by atoms with E-state index >= 15 is 0 Å². The molecule has 1 aliphatic rings. The molecule has 30 heavy (non-hydrogen) atoms. The van der Waals surface area contributed by atoms with Crippen LogP contribution >= 0.6 is 11.8 Å². The SMILES string of the molecule is O=C(Nc1ccccc1)[C@@H]1CSC(c2cccnc2)N1C(=O)OCc1ccccc1. The van der Waals surface area contributed by atoms with Crippen molar-refractivity contribution in [2.24, 2.45) is 0 Å².